The van der Waals surface area contributed by atoms with Crippen molar-refractivity contribution < 1.29 is 23.5 Å². The standard InChI is InChI=1S/C31H33Cl2N3O5S/c1-31(16-28(37)38)15-26(23-5-2-6-25(33)14-23)29(22-9-11-24(32)12-10-22)36(30(31)39)27(21-7-8-21)19-35(42(40)41)18-20-4-3-13-34-17-20/h2-6,9-14,17,21,26-27,29H,7-8,15-16,18-19H2,1H3,(H,37,38)(H,40,41)/p-1/t26-,27-,29-,31-/m1/s1. The highest BCUT2D eigenvalue weighted by Gasteiger charge is 2.54. The van der Waals surface area contributed by atoms with Crippen LogP contribution in [0.1, 0.15) is 61.3 Å². The number of piperidine rings is 1. The molecule has 1 aromatic heterocycles. The summed E-state index contributed by atoms with van der Waals surface area (Å²) in [5, 5.41) is 11.0. The van der Waals surface area contributed by atoms with Gasteiger partial charge < -0.3 is 14.6 Å². The van der Waals surface area contributed by atoms with Crippen LogP contribution in [0, 0.1) is 11.3 Å². The fraction of sp³-hybridized carbons (Fsp3) is 0.387. The van der Waals surface area contributed by atoms with Crippen LogP contribution in [0.2, 0.25) is 10.0 Å². The Morgan fingerprint density at radius 2 is 1.88 bits per heavy atom. The van der Waals surface area contributed by atoms with Gasteiger partial charge in [0.05, 0.1) is 17.9 Å². The average molecular weight is 630 g/mol. The average Bonchev–Trinajstić information content (AvgIpc) is 3.79. The normalized spacial score (nSPS) is 24.0. The van der Waals surface area contributed by atoms with E-state index in [1.54, 1.807) is 54.5 Å². The molecule has 1 unspecified atom stereocenters. The van der Waals surface area contributed by atoms with Gasteiger partial charge in [0.1, 0.15) is 0 Å². The van der Waals surface area contributed by atoms with E-state index >= 15 is 0 Å². The Morgan fingerprint density at radius 3 is 2.48 bits per heavy atom. The van der Waals surface area contributed by atoms with Crippen molar-refractivity contribution in [2.45, 2.75) is 57.2 Å². The Labute approximate surface area is 258 Å². The quantitative estimate of drug-likeness (QED) is 0.260. The molecule has 0 bridgehead atoms. The van der Waals surface area contributed by atoms with Crippen molar-refractivity contribution in [2.75, 3.05) is 6.54 Å². The number of nitrogens with zero attached hydrogens (tertiary/aromatic N) is 3. The Bertz CT molecular complexity index is 1460. The summed E-state index contributed by atoms with van der Waals surface area (Å²) in [6.45, 7) is 1.87. The summed E-state index contributed by atoms with van der Waals surface area (Å²) in [5.74, 6) is -1.60. The maximum Gasteiger partial charge on any atom is 0.304 e. The fourth-order valence-corrected chi connectivity index (χ4v) is 7.13. The molecule has 0 radical (unpaired) electrons. The number of pyridine rings is 1. The van der Waals surface area contributed by atoms with Crippen LogP contribution in [0.15, 0.2) is 73.1 Å². The minimum absolute atomic E-state index is 0.0656. The van der Waals surface area contributed by atoms with Crippen molar-refractivity contribution in [3.05, 3.63) is 99.8 Å². The lowest BCUT2D eigenvalue weighted by Gasteiger charge is -2.52. The Kier molecular flexibility index (Phi) is 9.34. The highest BCUT2D eigenvalue weighted by atomic mass is 35.5. The van der Waals surface area contributed by atoms with Crippen molar-refractivity contribution in [2.24, 2.45) is 11.3 Å². The first-order valence-corrected chi connectivity index (χ1v) is 15.6. The molecule has 11 heteroatoms. The first kappa shape index (κ1) is 30.6. The highest BCUT2D eigenvalue weighted by Crippen LogP contribution is 2.54. The lowest BCUT2D eigenvalue weighted by molar-refractivity contribution is -0.161. The fourth-order valence-electron chi connectivity index (χ4n) is 6.27. The van der Waals surface area contributed by atoms with Crippen molar-refractivity contribution in [3.8, 4) is 0 Å². The van der Waals surface area contributed by atoms with Crippen LogP contribution in [0.4, 0.5) is 0 Å². The number of rotatable bonds is 11. The van der Waals surface area contributed by atoms with Gasteiger partial charge >= 0.3 is 5.97 Å². The molecule has 1 saturated carbocycles. The van der Waals surface area contributed by atoms with Crippen molar-refractivity contribution in [1.29, 1.82) is 0 Å². The molecule has 1 aliphatic carbocycles. The summed E-state index contributed by atoms with van der Waals surface area (Å²) in [6, 6.07) is 17.3. The lowest BCUT2D eigenvalue weighted by atomic mass is 9.67. The maximum absolute atomic E-state index is 14.6. The van der Waals surface area contributed by atoms with Crippen molar-refractivity contribution >= 4 is 46.3 Å². The summed E-state index contributed by atoms with van der Waals surface area (Å²) < 4.78 is 26.4. The molecule has 1 N–H and O–H groups in total. The van der Waals surface area contributed by atoms with Gasteiger partial charge in [-0.25, -0.2) is 4.31 Å². The number of benzene rings is 2. The topological polar surface area (TPSA) is 114 Å². The van der Waals surface area contributed by atoms with E-state index in [1.807, 2.05) is 30.3 Å². The maximum atomic E-state index is 14.6. The Morgan fingerprint density at radius 1 is 1.14 bits per heavy atom. The number of hydrogen-bond donors (Lipinski definition) is 1. The summed E-state index contributed by atoms with van der Waals surface area (Å²) in [7, 11) is 0. The molecule has 3 aromatic rings. The molecule has 1 aliphatic heterocycles. The zero-order chi connectivity index (χ0) is 30.0. The smallest absolute Gasteiger partial charge is 0.304 e. The second-order valence-electron chi connectivity index (χ2n) is 11.5. The van der Waals surface area contributed by atoms with Gasteiger partial charge in [0.25, 0.3) is 0 Å². The molecule has 5 rings (SSSR count). The molecule has 2 fully saturated rings. The van der Waals surface area contributed by atoms with Crippen molar-refractivity contribution in [1.82, 2.24) is 14.2 Å². The molecule has 2 aliphatic rings. The zero-order valence-electron chi connectivity index (χ0n) is 23.1. The molecule has 0 spiro atoms. The SMILES string of the molecule is C[C@]1(CC(=O)O)C[C@H](c2cccc(Cl)c2)[C@@H](c2ccc(Cl)cc2)N([C@H](CN(Cc2cccnc2)S(=O)[O-])C2CC2)C1=O. The van der Waals surface area contributed by atoms with Crippen LogP contribution in [0.3, 0.4) is 0 Å². The summed E-state index contributed by atoms with van der Waals surface area (Å²) in [5.41, 5.74) is 1.22. The number of carboxylic acids is 1. The first-order chi connectivity index (χ1) is 20.1. The number of halogens is 2. The number of aromatic nitrogens is 1. The lowest BCUT2D eigenvalue weighted by Crippen LogP contribution is -2.59. The van der Waals surface area contributed by atoms with E-state index in [9.17, 15) is 23.5 Å². The van der Waals surface area contributed by atoms with Crippen LogP contribution in [-0.2, 0) is 27.4 Å². The van der Waals surface area contributed by atoms with Gasteiger partial charge in [-0.3, -0.25) is 18.8 Å². The van der Waals surface area contributed by atoms with E-state index in [-0.39, 0.29) is 43.7 Å². The summed E-state index contributed by atoms with van der Waals surface area (Å²) in [4.78, 5) is 32.6. The number of carbonyl (C=O) groups is 2. The Hall–Kier alpha value is -2.82. The molecule has 1 amide bonds. The van der Waals surface area contributed by atoms with E-state index in [0.717, 1.165) is 29.5 Å². The van der Waals surface area contributed by atoms with Crippen molar-refractivity contribution in [3.63, 3.8) is 0 Å². The van der Waals surface area contributed by atoms with Gasteiger partial charge in [-0.1, -0.05) is 60.5 Å². The van der Waals surface area contributed by atoms with Crippen LogP contribution in [0.25, 0.3) is 0 Å². The van der Waals surface area contributed by atoms with Crippen LogP contribution < -0.4 is 0 Å². The second kappa shape index (κ2) is 12.8. The third-order valence-corrected chi connectivity index (χ3v) is 9.53. The molecule has 2 heterocycles. The number of carboxylic acid groups (broad SMARTS) is 1. The van der Waals surface area contributed by atoms with Gasteiger partial charge in [0.2, 0.25) is 5.91 Å². The molecule has 222 valence electrons. The predicted molar refractivity (Wildman–Crippen MR) is 160 cm³/mol. The van der Waals surface area contributed by atoms with Crippen LogP contribution >= 0.6 is 23.2 Å². The van der Waals surface area contributed by atoms with E-state index in [0.29, 0.717) is 10.0 Å². The number of hydrogen-bond acceptors (Lipinski definition) is 5. The number of carbonyl (C=O) groups excluding carboxylic acids is 1. The minimum atomic E-state index is -2.58. The molecule has 1 saturated heterocycles. The predicted octanol–water partition coefficient (Wildman–Crippen LogP) is 6.00. The highest BCUT2D eigenvalue weighted by molar-refractivity contribution is 7.76. The van der Waals surface area contributed by atoms with E-state index in [4.69, 9.17) is 23.2 Å². The van der Waals surface area contributed by atoms with Gasteiger partial charge in [-0.15, -0.1) is 0 Å². The van der Waals surface area contributed by atoms with Crippen LogP contribution in [-0.4, -0.2) is 52.5 Å². The van der Waals surface area contributed by atoms with E-state index < -0.39 is 34.7 Å². The van der Waals surface area contributed by atoms with Gasteiger partial charge in [-0.05, 0) is 72.2 Å². The largest absolute Gasteiger partial charge is 0.760 e. The summed E-state index contributed by atoms with van der Waals surface area (Å²) in [6.07, 6.45) is 4.85. The molecule has 5 atom stereocenters. The third-order valence-electron chi connectivity index (χ3n) is 8.34. The third kappa shape index (κ3) is 6.87. The molecule has 42 heavy (non-hydrogen) atoms. The molecule has 2 aromatic carbocycles. The number of amides is 1. The summed E-state index contributed by atoms with van der Waals surface area (Å²) >= 11 is 10.1. The first-order valence-electron chi connectivity index (χ1n) is 13.8. The number of aliphatic carboxylic acids is 1. The molecule has 8 nitrogen and oxygen atoms in total. The van der Waals surface area contributed by atoms with Gasteiger partial charge in [0, 0.05) is 58.8 Å². The second-order valence-corrected chi connectivity index (χ2v) is 13.3. The van der Waals surface area contributed by atoms with Crippen LogP contribution in [0.5, 0.6) is 0 Å². The molecular formula is C31H32Cl2N3O5S-. The van der Waals surface area contributed by atoms with Gasteiger partial charge in [0.15, 0.2) is 0 Å². The minimum Gasteiger partial charge on any atom is -0.760 e. The van der Waals surface area contributed by atoms with E-state index in [1.165, 1.54) is 4.31 Å². The zero-order valence-corrected chi connectivity index (χ0v) is 25.4. The number of likely N-dealkylation sites (tertiary alicyclic amines) is 1. The van der Waals surface area contributed by atoms with E-state index in [2.05, 4.69) is 4.98 Å². The Balaban J connectivity index is 1.64. The molecular weight excluding hydrogens is 597 g/mol. The monoisotopic (exact) mass is 628 g/mol. The van der Waals surface area contributed by atoms with Gasteiger partial charge in [-0.2, -0.15) is 0 Å².